The van der Waals surface area contributed by atoms with E-state index in [0.29, 0.717) is 12.0 Å². The zero-order valence-electron chi connectivity index (χ0n) is 16.9. The zero-order valence-corrected chi connectivity index (χ0v) is 16.9. The molecule has 0 radical (unpaired) electrons. The minimum atomic E-state index is -0.0909. The van der Waals surface area contributed by atoms with E-state index < -0.39 is 0 Å². The SMILES string of the molecule is CCn1c(C(CC(C)C)NC(=O)C2CCC(OC)CC2)nc2cccnc21. The number of imidazole rings is 1. The summed E-state index contributed by atoms with van der Waals surface area (Å²) in [6.45, 7) is 7.24. The Bertz CT molecular complexity index is 763. The molecular weight excluding hydrogens is 340 g/mol. The number of ether oxygens (including phenoxy) is 1. The van der Waals surface area contributed by atoms with Crippen molar-refractivity contribution in [1.29, 1.82) is 0 Å². The van der Waals surface area contributed by atoms with Crippen LogP contribution < -0.4 is 5.32 Å². The van der Waals surface area contributed by atoms with E-state index in [0.717, 1.165) is 55.6 Å². The molecule has 27 heavy (non-hydrogen) atoms. The second-order valence-electron chi connectivity index (χ2n) is 7.96. The van der Waals surface area contributed by atoms with Crippen molar-refractivity contribution in [2.45, 2.75) is 71.6 Å². The van der Waals surface area contributed by atoms with E-state index in [-0.39, 0.29) is 17.9 Å². The Balaban J connectivity index is 1.81. The number of nitrogens with zero attached hydrogens (tertiary/aromatic N) is 3. The van der Waals surface area contributed by atoms with Crippen LogP contribution in [-0.4, -0.2) is 33.7 Å². The number of aromatic nitrogens is 3. The molecule has 1 atom stereocenters. The minimum Gasteiger partial charge on any atom is -0.381 e. The predicted octanol–water partition coefficient (Wildman–Crippen LogP) is 3.86. The molecule has 3 rings (SSSR count). The summed E-state index contributed by atoms with van der Waals surface area (Å²) in [7, 11) is 1.76. The lowest BCUT2D eigenvalue weighted by atomic mass is 9.86. The highest BCUT2D eigenvalue weighted by atomic mass is 16.5. The molecule has 0 saturated heterocycles. The summed E-state index contributed by atoms with van der Waals surface area (Å²) in [6.07, 6.45) is 6.67. The van der Waals surface area contributed by atoms with Gasteiger partial charge in [0.2, 0.25) is 5.91 Å². The third-order valence-electron chi connectivity index (χ3n) is 5.56. The largest absolute Gasteiger partial charge is 0.381 e. The minimum absolute atomic E-state index is 0.0728. The summed E-state index contributed by atoms with van der Waals surface area (Å²) >= 11 is 0. The van der Waals surface area contributed by atoms with Crippen molar-refractivity contribution in [1.82, 2.24) is 19.9 Å². The number of amides is 1. The van der Waals surface area contributed by atoms with Crippen molar-refractivity contribution >= 4 is 17.1 Å². The van der Waals surface area contributed by atoms with Crippen LogP contribution in [0.5, 0.6) is 0 Å². The fraction of sp³-hybridized carbons (Fsp3) is 0.667. The highest BCUT2D eigenvalue weighted by Crippen LogP contribution is 2.29. The van der Waals surface area contributed by atoms with Crippen molar-refractivity contribution in [3.8, 4) is 0 Å². The van der Waals surface area contributed by atoms with E-state index in [2.05, 4.69) is 35.6 Å². The molecule has 1 amide bonds. The van der Waals surface area contributed by atoms with Gasteiger partial charge < -0.3 is 14.6 Å². The summed E-state index contributed by atoms with van der Waals surface area (Å²) in [4.78, 5) is 22.3. The quantitative estimate of drug-likeness (QED) is 0.801. The highest BCUT2D eigenvalue weighted by Gasteiger charge is 2.29. The van der Waals surface area contributed by atoms with E-state index in [1.165, 1.54) is 0 Å². The third-order valence-corrected chi connectivity index (χ3v) is 5.56. The van der Waals surface area contributed by atoms with Gasteiger partial charge in [-0.2, -0.15) is 0 Å². The molecule has 1 saturated carbocycles. The van der Waals surface area contributed by atoms with Crippen molar-refractivity contribution < 1.29 is 9.53 Å². The van der Waals surface area contributed by atoms with Gasteiger partial charge in [0.1, 0.15) is 11.3 Å². The van der Waals surface area contributed by atoms with Crippen molar-refractivity contribution in [3.63, 3.8) is 0 Å². The lowest BCUT2D eigenvalue weighted by molar-refractivity contribution is -0.127. The maximum absolute atomic E-state index is 13.0. The standard InChI is InChI=1S/C21H32N4O2/c1-5-25-19-17(7-6-12-22-19)23-20(25)18(13-14(2)3)24-21(26)15-8-10-16(27-4)11-9-15/h6-7,12,14-16,18H,5,8-11,13H2,1-4H3,(H,24,26). The predicted molar refractivity (Wildman–Crippen MR) is 106 cm³/mol. The normalized spacial score (nSPS) is 21.5. The number of nitrogens with one attached hydrogen (secondary N) is 1. The number of carbonyl (C=O) groups excluding carboxylic acids is 1. The van der Waals surface area contributed by atoms with Gasteiger partial charge in [-0.15, -0.1) is 0 Å². The van der Waals surface area contributed by atoms with Crippen molar-refractivity contribution in [3.05, 3.63) is 24.2 Å². The van der Waals surface area contributed by atoms with Gasteiger partial charge in [-0.1, -0.05) is 13.8 Å². The van der Waals surface area contributed by atoms with E-state index >= 15 is 0 Å². The number of hydrogen-bond acceptors (Lipinski definition) is 4. The molecular formula is C21H32N4O2. The van der Waals surface area contributed by atoms with Crippen LogP contribution in [0.3, 0.4) is 0 Å². The van der Waals surface area contributed by atoms with Gasteiger partial charge in [-0.3, -0.25) is 4.79 Å². The van der Waals surface area contributed by atoms with Crippen LogP contribution in [0.2, 0.25) is 0 Å². The molecule has 148 valence electrons. The average molecular weight is 373 g/mol. The summed E-state index contributed by atoms with van der Waals surface area (Å²) in [5, 5.41) is 3.31. The lowest BCUT2D eigenvalue weighted by Crippen LogP contribution is -2.38. The molecule has 1 fully saturated rings. The molecule has 0 spiro atoms. The number of fused-ring (bicyclic) bond motifs is 1. The topological polar surface area (TPSA) is 69.0 Å². The number of carbonyl (C=O) groups is 1. The second kappa shape index (κ2) is 8.83. The molecule has 6 heteroatoms. The van der Waals surface area contributed by atoms with Crippen LogP contribution in [0.1, 0.15) is 64.7 Å². The average Bonchev–Trinajstić information content (AvgIpc) is 3.05. The van der Waals surface area contributed by atoms with Gasteiger partial charge in [0.25, 0.3) is 0 Å². The Labute approximate surface area is 161 Å². The molecule has 6 nitrogen and oxygen atoms in total. The van der Waals surface area contributed by atoms with E-state index in [1.807, 2.05) is 12.1 Å². The fourth-order valence-electron chi connectivity index (χ4n) is 4.10. The van der Waals surface area contributed by atoms with Crippen molar-refractivity contribution in [2.75, 3.05) is 7.11 Å². The van der Waals surface area contributed by atoms with Crippen LogP contribution in [0, 0.1) is 11.8 Å². The number of rotatable bonds is 7. The van der Waals surface area contributed by atoms with Gasteiger partial charge in [-0.25, -0.2) is 9.97 Å². The van der Waals surface area contributed by atoms with E-state index in [9.17, 15) is 4.79 Å². The second-order valence-corrected chi connectivity index (χ2v) is 7.96. The van der Waals surface area contributed by atoms with Gasteiger partial charge in [-0.05, 0) is 57.1 Å². The summed E-state index contributed by atoms with van der Waals surface area (Å²) in [5.74, 6) is 1.60. The Morgan fingerprint density at radius 2 is 2.07 bits per heavy atom. The third kappa shape index (κ3) is 4.49. The molecule has 2 aromatic rings. The maximum atomic E-state index is 13.0. The number of hydrogen-bond donors (Lipinski definition) is 1. The molecule has 0 aliphatic heterocycles. The number of pyridine rings is 1. The van der Waals surface area contributed by atoms with Gasteiger partial charge in [0.15, 0.2) is 5.65 Å². The van der Waals surface area contributed by atoms with Crippen LogP contribution in [0.4, 0.5) is 0 Å². The molecule has 2 heterocycles. The Kier molecular flexibility index (Phi) is 6.47. The first-order valence-corrected chi connectivity index (χ1v) is 10.2. The summed E-state index contributed by atoms with van der Waals surface area (Å²) in [5.41, 5.74) is 1.77. The van der Waals surface area contributed by atoms with Gasteiger partial charge >= 0.3 is 0 Å². The van der Waals surface area contributed by atoms with Crippen LogP contribution in [-0.2, 0) is 16.1 Å². The van der Waals surface area contributed by atoms with Crippen LogP contribution in [0.15, 0.2) is 18.3 Å². The molecule has 1 aliphatic carbocycles. The number of aryl methyl sites for hydroxylation is 1. The maximum Gasteiger partial charge on any atom is 0.223 e. The van der Waals surface area contributed by atoms with E-state index in [4.69, 9.17) is 9.72 Å². The van der Waals surface area contributed by atoms with Crippen LogP contribution in [0.25, 0.3) is 11.2 Å². The van der Waals surface area contributed by atoms with Crippen LogP contribution >= 0.6 is 0 Å². The van der Waals surface area contributed by atoms with Gasteiger partial charge in [0, 0.05) is 25.8 Å². The summed E-state index contributed by atoms with van der Waals surface area (Å²) in [6, 6.07) is 3.80. The molecule has 1 N–H and O–H groups in total. The molecule has 1 unspecified atom stereocenters. The first kappa shape index (κ1) is 19.8. The zero-order chi connectivity index (χ0) is 19.4. The van der Waals surface area contributed by atoms with E-state index in [1.54, 1.807) is 13.3 Å². The highest BCUT2D eigenvalue weighted by molar-refractivity contribution is 5.79. The lowest BCUT2D eigenvalue weighted by Gasteiger charge is -2.29. The van der Waals surface area contributed by atoms with Crippen molar-refractivity contribution in [2.24, 2.45) is 11.8 Å². The van der Waals surface area contributed by atoms with Gasteiger partial charge in [0.05, 0.1) is 12.1 Å². The fourth-order valence-corrected chi connectivity index (χ4v) is 4.10. The molecule has 0 aromatic carbocycles. The summed E-state index contributed by atoms with van der Waals surface area (Å²) < 4.78 is 7.56. The Hall–Kier alpha value is -1.95. The first-order valence-electron chi connectivity index (χ1n) is 10.2. The first-order chi connectivity index (χ1) is 13.0. The monoisotopic (exact) mass is 372 g/mol. The molecule has 2 aromatic heterocycles. The smallest absolute Gasteiger partial charge is 0.223 e. The number of methoxy groups -OCH3 is 1. The molecule has 1 aliphatic rings. The Morgan fingerprint density at radius 3 is 2.70 bits per heavy atom. The molecule has 0 bridgehead atoms. The Morgan fingerprint density at radius 1 is 1.33 bits per heavy atom.